The van der Waals surface area contributed by atoms with E-state index in [1.807, 2.05) is 36.4 Å². The number of ketones is 1. The van der Waals surface area contributed by atoms with Gasteiger partial charge >= 0.3 is 5.97 Å². The molecule has 0 heterocycles. The second-order valence-corrected chi connectivity index (χ2v) is 6.17. The number of hydrogen-bond acceptors (Lipinski definition) is 4. The molecule has 3 rings (SSSR count). The number of benzene rings is 3. The summed E-state index contributed by atoms with van der Waals surface area (Å²) >= 11 is 0. The standard InChI is InChI=1S/C22H18FNO4/c23-17-10-8-16(9-11-17)20(25)12-13-22(27)28-14-21(26)24-19-7-3-5-15-4-1-2-6-18(15)19/h1-11H,12-14H2,(H,24,26). The molecule has 3 aromatic carbocycles. The summed E-state index contributed by atoms with van der Waals surface area (Å²) in [5, 5.41) is 4.58. The van der Waals surface area contributed by atoms with Crippen LogP contribution in [0, 0.1) is 5.82 Å². The van der Waals surface area contributed by atoms with Gasteiger partial charge in [-0.3, -0.25) is 14.4 Å². The molecule has 0 bridgehead atoms. The Bertz CT molecular complexity index is 1010. The van der Waals surface area contributed by atoms with Crippen molar-refractivity contribution in [3.63, 3.8) is 0 Å². The molecule has 0 spiro atoms. The second kappa shape index (κ2) is 8.90. The largest absolute Gasteiger partial charge is 0.456 e. The molecule has 0 aliphatic carbocycles. The van der Waals surface area contributed by atoms with Gasteiger partial charge in [0.2, 0.25) is 0 Å². The lowest BCUT2D eigenvalue weighted by Gasteiger charge is -2.09. The lowest BCUT2D eigenvalue weighted by atomic mass is 10.1. The van der Waals surface area contributed by atoms with E-state index in [-0.39, 0.29) is 18.6 Å². The molecule has 0 atom stereocenters. The number of ether oxygens (including phenoxy) is 1. The lowest BCUT2D eigenvalue weighted by Crippen LogP contribution is -2.21. The number of carbonyl (C=O) groups excluding carboxylic acids is 3. The van der Waals surface area contributed by atoms with Crippen LogP contribution in [-0.4, -0.2) is 24.3 Å². The Hall–Kier alpha value is -3.54. The molecular weight excluding hydrogens is 361 g/mol. The predicted molar refractivity (Wildman–Crippen MR) is 104 cm³/mol. The van der Waals surface area contributed by atoms with Crippen molar-refractivity contribution in [3.05, 3.63) is 78.1 Å². The third kappa shape index (κ3) is 5.01. The molecule has 0 aromatic heterocycles. The van der Waals surface area contributed by atoms with Crippen LogP contribution in [0.15, 0.2) is 66.7 Å². The predicted octanol–water partition coefficient (Wildman–Crippen LogP) is 4.12. The molecule has 5 nitrogen and oxygen atoms in total. The molecule has 3 aromatic rings. The first-order valence-corrected chi connectivity index (χ1v) is 8.75. The highest BCUT2D eigenvalue weighted by atomic mass is 19.1. The van der Waals surface area contributed by atoms with E-state index in [2.05, 4.69) is 5.32 Å². The van der Waals surface area contributed by atoms with Gasteiger partial charge in [-0.25, -0.2) is 4.39 Å². The van der Waals surface area contributed by atoms with Crippen LogP contribution in [0.25, 0.3) is 10.8 Å². The first-order chi connectivity index (χ1) is 13.5. The van der Waals surface area contributed by atoms with Crippen molar-refractivity contribution in [2.45, 2.75) is 12.8 Å². The number of carbonyl (C=O) groups is 3. The Morgan fingerprint density at radius 2 is 1.57 bits per heavy atom. The lowest BCUT2D eigenvalue weighted by molar-refractivity contribution is -0.147. The number of fused-ring (bicyclic) bond motifs is 1. The average molecular weight is 379 g/mol. The Morgan fingerprint density at radius 3 is 2.36 bits per heavy atom. The summed E-state index contributed by atoms with van der Waals surface area (Å²) in [4.78, 5) is 35.8. The Labute approximate surface area is 161 Å². The number of esters is 1. The Morgan fingerprint density at radius 1 is 0.857 bits per heavy atom. The number of hydrogen-bond donors (Lipinski definition) is 1. The summed E-state index contributed by atoms with van der Waals surface area (Å²) in [5.41, 5.74) is 0.952. The normalized spacial score (nSPS) is 10.5. The van der Waals surface area contributed by atoms with Gasteiger partial charge in [0.15, 0.2) is 12.4 Å². The highest BCUT2D eigenvalue weighted by molar-refractivity contribution is 6.03. The zero-order valence-electron chi connectivity index (χ0n) is 15.0. The maximum atomic E-state index is 12.9. The van der Waals surface area contributed by atoms with Crippen LogP contribution in [0.4, 0.5) is 10.1 Å². The summed E-state index contributed by atoms with van der Waals surface area (Å²) in [5.74, 6) is -1.84. The van der Waals surface area contributed by atoms with E-state index in [4.69, 9.17) is 4.74 Å². The van der Waals surface area contributed by atoms with Crippen molar-refractivity contribution >= 4 is 34.1 Å². The van der Waals surface area contributed by atoms with Crippen molar-refractivity contribution in [2.24, 2.45) is 0 Å². The van der Waals surface area contributed by atoms with Crippen LogP contribution in [0.3, 0.4) is 0 Å². The van der Waals surface area contributed by atoms with E-state index in [9.17, 15) is 18.8 Å². The van der Waals surface area contributed by atoms with Gasteiger partial charge in [0.05, 0.1) is 6.42 Å². The number of nitrogens with one attached hydrogen (secondary N) is 1. The average Bonchev–Trinajstić information content (AvgIpc) is 2.71. The molecule has 0 aliphatic rings. The number of rotatable bonds is 7. The fourth-order valence-corrected chi connectivity index (χ4v) is 2.73. The van der Waals surface area contributed by atoms with E-state index in [1.54, 1.807) is 6.07 Å². The Balaban J connectivity index is 1.47. The smallest absolute Gasteiger partial charge is 0.306 e. The molecule has 6 heteroatoms. The first-order valence-electron chi connectivity index (χ1n) is 8.75. The molecule has 0 aliphatic heterocycles. The fraction of sp³-hybridized carbons (Fsp3) is 0.136. The summed E-state index contributed by atoms with van der Waals surface area (Å²) < 4.78 is 17.8. The molecule has 142 valence electrons. The zero-order chi connectivity index (χ0) is 19.9. The van der Waals surface area contributed by atoms with E-state index in [1.165, 1.54) is 24.3 Å². The van der Waals surface area contributed by atoms with Gasteiger partial charge in [0.25, 0.3) is 5.91 Å². The van der Waals surface area contributed by atoms with Crippen LogP contribution in [0.5, 0.6) is 0 Å². The molecule has 0 radical (unpaired) electrons. The summed E-state index contributed by atoms with van der Waals surface area (Å²) in [6.45, 7) is -0.438. The summed E-state index contributed by atoms with van der Waals surface area (Å²) in [6, 6.07) is 18.2. The van der Waals surface area contributed by atoms with Crippen molar-refractivity contribution in [1.29, 1.82) is 0 Å². The molecule has 0 saturated carbocycles. The van der Waals surface area contributed by atoms with E-state index < -0.39 is 24.3 Å². The van der Waals surface area contributed by atoms with Gasteiger partial charge in [-0.15, -0.1) is 0 Å². The van der Waals surface area contributed by atoms with Gasteiger partial charge in [-0.1, -0.05) is 36.4 Å². The minimum Gasteiger partial charge on any atom is -0.456 e. The first kappa shape index (κ1) is 19.2. The molecule has 0 saturated heterocycles. The SMILES string of the molecule is O=C(COC(=O)CCC(=O)c1ccc(F)cc1)Nc1cccc2ccccc12. The molecule has 0 unspecified atom stereocenters. The van der Waals surface area contributed by atoms with Crippen LogP contribution >= 0.6 is 0 Å². The minimum atomic E-state index is -0.650. The third-order valence-electron chi connectivity index (χ3n) is 4.15. The van der Waals surface area contributed by atoms with Crippen LogP contribution < -0.4 is 5.32 Å². The van der Waals surface area contributed by atoms with Gasteiger partial charge in [0.1, 0.15) is 5.82 Å². The molecular formula is C22H18FNO4. The van der Waals surface area contributed by atoms with Gasteiger partial charge in [0, 0.05) is 23.1 Å². The van der Waals surface area contributed by atoms with Crippen molar-refractivity contribution in [1.82, 2.24) is 0 Å². The molecule has 0 fully saturated rings. The monoisotopic (exact) mass is 379 g/mol. The molecule has 28 heavy (non-hydrogen) atoms. The van der Waals surface area contributed by atoms with Gasteiger partial charge in [-0.2, -0.15) is 0 Å². The van der Waals surface area contributed by atoms with Gasteiger partial charge in [-0.05, 0) is 35.7 Å². The number of amides is 1. The van der Waals surface area contributed by atoms with E-state index in [0.717, 1.165) is 10.8 Å². The highest BCUT2D eigenvalue weighted by Crippen LogP contribution is 2.22. The summed E-state index contributed by atoms with van der Waals surface area (Å²) in [7, 11) is 0. The molecule has 1 N–H and O–H groups in total. The van der Waals surface area contributed by atoms with Crippen molar-refractivity contribution in [2.75, 3.05) is 11.9 Å². The Kier molecular flexibility index (Phi) is 6.11. The zero-order valence-corrected chi connectivity index (χ0v) is 15.0. The van der Waals surface area contributed by atoms with Crippen LogP contribution in [-0.2, 0) is 14.3 Å². The topological polar surface area (TPSA) is 72.5 Å². The highest BCUT2D eigenvalue weighted by Gasteiger charge is 2.13. The number of Topliss-reactive ketones (excluding diaryl/α,β-unsaturated/α-hetero) is 1. The second-order valence-electron chi connectivity index (χ2n) is 6.17. The third-order valence-corrected chi connectivity index (χ3v) is 4.15. The molecule has 1 amide bonds. The minimum absolute atomic E-state index is 0.0740. The summed E-state index contributed by atoms with van der Waals surface area (Å²) in [6.07, 6.45) is -0.229. The van der Waals surface area contributed by atoms with Crippen molar-refractivity contribution in [3.8, 4) is 0 Å². The van der Waals surface area contributed by atoms with Crippen molar-refractivity contribution < 1.29 is 23.5 Å². The van der Waals surface area contributed by atoms with E-state index in [0.29, 0.717) is 11.3 Å². The number of anilines is 1. The van der Waals surface area contributed by atoms with Crippen LogP contribution in [0.1, 0.15) is 23.2 Å². The maximum Gasteiger partial charge on any atom is 0.306 e. The quantitative estimate of drug-likeness (QED) is 0.495. The maximum absolute atomic E-state index is 12.9. The van der Waals surface area contributed by atoms with E-state index >= 15 is 0 Å². The van der Waals surface area contributed by atoms with Gasteiger partial charge < -0.3 is 10.1 Å². The fourth-order valence-electron chi connectivity index (χ4n) is 2.73. The van der Waals surface area contributed by atoms with Crippen LogP contribution in [0.2, 0.25) is 0 Å². The number of halogens is 1.